The first kappa shape index (κ1) is 14.9. The number of rotatable bonds is 9. The third-order valence-electron chi connectivity index (χ3n) is 2.30. The van der Waals surface area contributed by atoms with E-state index in [9.17, 15) is 9.59 Å². The number of ether oxygens (including phenoxy) is 1. The molecule has 3 heteroatoms. The smallest absolute Gasteiger partial charge is 0.313 e. The molecule has 92 valence electrons. The van der Waals surface area contributed by atoms with Crippen molar-refractivity contribution in [1.82, 2.24) is 0 Å². The predicted octanol–water partition coefficient (Wildman–Crippen LogP) is 3.04. The van der Waals surface area contributed by atoms with Crippen molar-refractivity contribution >= 4 is 11.8 Å². The molecule has 0 spiro atoms. The molecule has 0 aliphatic heterocycles. The van der Waals surface area contributed by atoms with Gasteiger partial charge in [0.2, 0.25) is 0 Å². The highest BCUT2D eigenvalue weighted by atomic mass is 16.5. The van der Waals surface area contributed by atoms with Crippen LogP contribution in [0.4, 0.5) is 0 Å². The molecule has 0 rings (SSSR count). The number of methoxy groups -OCH3 is 1. The number of allylic oxidation sites excluding steroid dienone is 2. The molecule has 3 nitrogen and oxygen atoms in total. The Bertz CT molecular complexity index is 231. The fourth-order valence-electron chi connectivity index (χ4n) is 1.31. The first-order valence-electron chi connectivity index (χ1n) is 5.94. The van der Waals surface area contributed by atoms with Crippen LogP contribution in [0, 0.1) is 0 Å². The van der Waals surface area contributed by atoms with E-state index in [1.807, 2.05) is 6.08 Å². The van der Waals surface area contributed by atoms with Crippen LogP contribution in [0.15, 0.2) is 12.2 Å². The van der Waals surface area contributed by atoms with Gasteiger partial charge >= 0.3 is 5.97 Å². The maximum Gasteiger partial charge on any atom is 0.313 e. The predicted molar refractivity (Wildman–Crippen MR) is 64.2 cm³/mol. The van der Waals surface area contributed by atoms with E-state index in [1.165, 1.54) is 26.4 Å². The van der Waals surface area contributed by atoms with E-state index in [2.05, 4.69) is 17.7 Å². The summed E-state index contributed by atoms with van der Waals surface area (Å²) in [6.45, 7) is 2.18. The average Bonchev–Trinajstić information content (AvgIpc) is 2.27. The van der Waals surface area contributed by atoms with Gasteiger partial charge < -0.3 is 4.74 Å². The van der Waals surface area contributed by atoms with Gasteiger partial charge in [0.05, 0.1) is 7.11 Å². The van der Waals surface area contributed by atoms with Crippen LogP contribution in [-0.2, 0) is 14.3 Å². The molecule has 0 saturated heterocycles. The maximum absolute atomic E-state index is 11.2. The summed E-state index contributed by atoms with van der Waals surface area (Å²) in [5, 5.41) is 0. The van der Waals surface area contributed by atoms with Crippen LogP contribution in [0.1, 0.15) is 51.9 Å². The molecule has 0 aromatic heterocycles. The van der Waals surface area contributed by atoms with Crippen LogP contribution >= 0.6 is 0 Å². The minimum absolute atomic E-state index is 0.0509. The van der Waals surface area contributed by atoms with Crippen molar-refractivity contribution in [3.63, 3.8) is 0 Å². The Hall–Kier alpha value is -1.12. The summed E-state index contributed by atoms with van der Waals surface area (Å²) in [7, 11) is 1.29. The van der Waals surface area contributed by atoms with Crippen molar-refractivity contribution in [3.05, 3.63) is 12.2 Å². The van der Waals surface area contributed by atoms with Gasteiger partial charge in [0.25, 0.3) is 0 Å². The lowest BCUT2D eigenvalue weighted by atomic mass is 10.1. The quantitative estimate of drug-likeness (QED) is 0.263. The molecular weight excluding hydrogens is 204 g/mol. The summed E-state index contributed by atoms with van der Waals surface area (Å²) in [5.41, 5.74) is 0. The van der Waals surface area contributed by atoms with Crippen molar-refractivity contribution in [1.29, 1.82) is 0 Å². The molecule has 0 atom stereocenters. The summed E-state index contributed by atoms with van der Waals surface area (Å²) in [4.78, 5) is 22.0. The van der Waals surface area contributed by atoms with Gasteiger partial charge in [-0.2, -0.15) is 0 Å². The third kappa shape index (κ3) is 9.44. The largest absolute Gasteiger partial charge is 0.469 e. The van der Waals surface area contributed by atoms with E-state index in [1.54, 1.807) is 0 Å². The average molecular weight is 226 g/mol. The molecular formula is C13H22O3. The molecule has 0 fully saturated rings. The van der Waals surface area contributed by atoms with Crippen LogP contribution in [-0.4, -0.2) is 18.9 Å². The van der Waals surface area contributed by atoms with Crippen molar-refractivity contribution in [3.8, 4) is 0 Å². The lowest BCUT2D eigenvalue weighted by Gasteiger charge is -1.97. The second-order valence-corrected chi connectivity index (χ2v) is 3.80. The van der Waals surface area contributed by atoms with E-state index >= 15 is 0 Å². The first-order valence-corrected chi connectivity index (χ1v) is 5.94. The summed E-state index contributed by atoms with van der Waals surface area (Å²) >= 11 is 0. The molecule has 16 heavy (non-hydrogen) atoms. The van der Waals surface area contributed by atoms with Crippen molar-refractivity contribution < 1.29 is 14.3 Å². The van der Waals surface area contributed by atoms with Gasteiger partial charge in [-0.25, -0.2) is 0 Å². The zero-order valence-corrected chi connectivity index (χ0v) is 10.3. The fourth-order valence-corrected chi connectivity index (χ4v) is 1.31. The highest BCUT2D eigenvalue weighted by molar-refractivity contribution is 5.95. The molecule has 0 bridgehead atoms. The van der Waals surface area contributed by atoms with Gasteiger partial charge in [-0.3, -0.25) is 9.59 Å². The van der Waals surface area contributed by atoms with Crippen LogP contribution in [0.25, 0.3) is 0 Å². The van der Waals surface area contributed by atoms with Gasteiger partial charge in [0.1, 0.15) is 12.2 Å². The number of carbonyl (C=O) groups is 2. The number of hydrogen-bond donors (Lipinski definition) is 0. The zero-order valence-electron chi connectivity index (χ0n) is 10.3. The Balaban J connectivity index is 3.43. The van der Waals surface area contributed by atoms with Crippen LogP contribution in [0.5, 0.6) is 0 Å². The number of unbranched alkanes of at least 4 members (excludes halogenated alkanes) is 3. The van der Waals surface area contributed by atoms with E-state index in [0.717, 1.165) is 12.8 Å². The van der Waals surface area contributed by atoms with Crippen molar-refractivity contribution in [2.45, 2.75) is 51.9 Å². The molecule has 0 aliphatic carbocycles. The second kappa shape index (κ2) is 10.4. The molecule has 0 amide bonds. The summed E-state index contributed by atoms with van der Waals surface area (Å²) in [5.74, 6) is -0.498. The highest BCUT2D eigenvalue weighted by Crippen LogP contribution is 2.02. The van der Waals surface area contributed by atoms with E-state index in [-0.39, 0.29) is 12.2 Å². The molecule has 0 aromatic rings. The Kier molecular flexibility index (Phi) is 9.67. The number of hydrogen-bond acceptors (Lipinski definition) is 3. The number of esters is 1. The van der Waals surface area contributed by atoms with Gasteiger partial charge in [0.15, 0.2) is 0 Å². The lowest BCUT2D eigenvalue weighted by Crippen LogP contribution is -2.08. The minimum Gasteiger partial charge on any atom is -0.469 e. The normalized spacial score (nSPS) is 10.6. The summed E-state index contributed by atoms with van der Waals surface area (Å²) in [6.07, 6.45) is 9.96. The van der Waals surface area contributed by atoms with Gasteiger partial charge in [0, 0.05) is 6.42 Å². The Morgan fingerprint density at radius 2 is 1.81 bits per heavy atom. The van der Waals surface area contributed by atoms with Crippen molar-refractivity contribution in [2.24, 2.45) is 0 Å². The maximum atomic E-state index is 11.2. The Labute approximate surface area is 97.9 Å². The van der Waals surface area contributed by atoms with Gasteiger partial charge in [-0.15, -0.1) is 0 Å². The van der Waals surface area contributed by atoms with E-state index in [4.69, 9.17) is 0 Å². The molecule has 0 saturated carbocycles. The Morgan fingerprint density at radius 1 is 1.12 bits per heavy atom. The molecule has 0 unspecified atom stereocenters. The monoisotopic (exact) mass is 226 g/mol. The highest BCUT2D eigenvalue weighted by Gasteiger charge is 2.07. The number of carbonyl (C=O) groups excluding carboxylic acids is 2. The SMILES string of the molecule is CCCCCC=CCCC(=O)CC(=O)OC. The van der Waals surface area contributed by atoms with Crippen LogP contribution in [0.2, 0.25) is 0 Å². The lowest BCUT2D eigenvalue weighted by molar-refractivity contribution is -0.143. The third-order valence-corrected chi connectivity index (χ3v) is 2.30. The van der Waals surface area contributed by atoms with Gasteiger partial charge in [-0.05, 0) is 19.3 Å². The standard InChI is InChI=1S/C13H22O3/c1-3-4-5-6-7-8-9-10-12(14)11-13(15)16-2/h7-8H,3-6,9-11H2,1-2H3. The molecule has 0 aliphatic rings. The van der Waals surface area contributed by atoms with Crippen LogP contribution < -0.4 is 0 Å². The van der Waals surface area contributed by atoms with E-state index < -0.39 is 5.97 Å². The second-order valence-electron chi connectivity index (χ2n) is 3.80. The molecule has 0 N–H and O–H groups in total. The first-order chi connectivity index (χ1) is 7.70. The molecule has 0 aromatic carbocycles. The van der Waals surface area contributed by atoms with E-state index in [0.29, 0.717) is 6.42 Å². The Morgan fingerprint density at radius 3 is 2.44 bits per heavy atom. The fraction of sp³-hybridized carbons (Fsp3) is 0.692. The summed E-state index contributed by atoms with van der Waals surface area (Å²) in [6, 6.07) is 0. The van der Waals surface area contributed by atoms with Crippen LogP contribution in [0.3, 0.4) is 0 Å². The number of ketones is 1. The minimum atomic E-state index is -0.447. The number of Topliss-reactive ketones (excluding diaryl/α,β-unsaturated/α-hetero) is 1. The van der Waals surface area contributed by atoms with Crippen molar-refractivity contribution in [2.75, 3.05) is 7.11 Å². The zero-order chi connectivity index (χ0) is 12.2. The summed E-state index contributed by atoms with van der Waals surface area (Å²) < 4.78 is 4.41. The van der Waals surface area contributed by atoms with Gasteiger partial charge in [-0.1, -0.05) is 31.9 Å². The molecule has 0 radical (unpaired) electrons. The molecule has 0 heterocycles. The topological polar surface area (TPSA) is 43.4 Å².